The van der Waals surface area contributed by atoms with Gasteiger partial charge in [-0.05, 0) is 35.4 Å². The van der Waals surface area contributed by atoms with Crippen molar-refractivity contribution >= 4 is 11.7 Å². The highest BCUT2D eigenvalue weighted by Gasteiger charge is 2.03. The van der Waals surface area contributed by atoms with E-state index in [1.165, 1.54) is 0 Å². The van der Waals surface area contributed by atoms with Crippen LogP contribution in [0.2, 0.25) is 0 Å². The Morgan fingerprint density at radius 1 is 1.15 bits per heavy atom. The van der Waals surface area contributed by atoms with Crippen LogP contribution in [0.15, 0.2) is 48.5 Å². The van der Waals surface area contributed by atoms with Crippen LogP contribution in [0.4, 0.5) is 5.69 Å². The van der Waals surface area contributed by atoms with Crippen LogP contribution in [0.25, 0.3) is 0 Å². The van der Waals surface area contributed by atoms with Crippen LogP contribution in [-0.4, -0.2) is 18.2 Å². The summed E-state index contributed by atoms with van der Waals surface area (Å²) in [6.45, 7) is 1.15. The third-order valence-electron chi connectivity index (χ3n) is 2.91. The van der Waals surface area contributed by atoms with Gasteiger partial charge in [-0.1, -0.05) is 24.3 Å². The van der Waals surface area contributed by atoms with Gasteiger partial charge in [-0.25, -0.2) is 4.79 Å². The predicted molar refractivity (Wildman–Crippen MR) is 77.9 cm³/mol. The molecule has 2 rings (SSSR count). The first-order chi connectivity index (χ1) is 9.69. The summed E-state index contributed by atoms with van der Waals surface area (Å²) in [4.78, 5) is 10.9. The van der Waals surface area contributed by atoms with E-state index >= 15 is 0 Å². The Labute approximate surface area is 118 Å². The molecule has 0 fully saturated rings. The number of nitrogens with one attached hydrogen (secondary N) is 1. The molecule has 0 heterocycles. The minimum absolute atomic E-state index is 0.303. The summed E-state index contributed by atoms with van der Waals surface area (Å²) in [6.07, 6.45) is 0. The molecular weight excluding hydrogens is 254 g/mol. The third kappa shape index (κ3) is 3.83. The van der Waals surface area contributed by atoms with Gasteiger partial charge in [0.1, 0.15) is 0 Å². The van der Waals surface area contributed by atoms with Gasteiger partial charge >= 0.3 is 5.97 Å². The van der Waals surface area contributed by atoms with Crippen molar-refractivity contribution < 1.29 is 14.6 Å². The normalized spacial score (nSPS) is 10.2. The molecular formula is C16H17NO3. The second kappa shape index (κ2) is 6.73. The number of anilines is 1. The molecule has 4 nitrogen and oxygen atoms in total. The van der Waals surface area contributed by atoms with Crippen molar-refractivity contribution in [2.45, 2.75) is 13.2 Å². The minimum Gasteiger partial charge on any atom is -0.478 e. The largest absolute Gasteiger partial charge is 0.478 e. The molecule has 0 saturated heterocycles. The lowest BCUT2D eigenvalue weighted by molar-refractivity contribution is 0.0697. The number of rotatable bonds is 6. The van der Waals surface area contributed by atoms with Crippen LogP contribution in [0.1, 0.15) is 21.5 Å². The molecule has 104 valence electrons. The van der Waals surface area contributed by atoms with Gasteiger partial charge in [0.15, 0.2) is 0 Å². The number of hydrogen-bond donors (Lipinski definition) is 2. The van der Waals surface area contributed by atoms with Crippen LogP contribution < -0.4 is 5.32 Å². The van der Waals surface area contributed by atoms with Crippen molar-refractivity contribution in [3.05, 3.63) is 65.2 Å². The molecule has 0 saturated carbocycles. The molecule has 0 atom stereocenters. The summed E-state index contributed by atoms with van der Waals surface area (Å²) in [5.41, 5.74) is 3.32. The van der Waals surface area contributed by atoms with Crippen LogP contribution in [-0.2, 0) is 17.9 Å². The number of methoxy groups -OCH3 is 1. The highest BCUT2D eigenvalue weighted by Crippen LogP contribution is 2.13. The van der Waals surface area contributed by atoms with Gasteiger partial charge in [-0.15, -0.1) is 0 Å². The van der Waals surface area contributed by atoms with E-state index in [2.05, 4.69) is 5.32 Å². The van der Waals surface area contributed by atoms with E-state index in [9.17, 15) is 4.79 Å². The number of carboxylic acid groups (broad SMARTS) is 1. The van der Waals surface area contributed by atoms with Crippen molar-refractivity contribution in [3.63, 3.8) is 0 Å². The van der Waals surface area contributed by atoms with E-state index in [0.29, 0.717) is 18.7 Å². The highest BCUT2D eigenvalue weighted by molar-refractivity contribution is 5.87. The zero-order chi connectivity index (χ0) is 14.4. The molecule has 0 aliphatic heterocycles. The molecule has 2 N–H and O–H groups in total. The molecule has 0 aliphatic rings. The van der Waals surface area contributed by atoms with Gasteiger partial charge in [0.05, 0.1) is 12.2 Å². The average Bonchev–Trinajstić information content (AvgIpc) is 2.46. The fraction of sp³-hybridized carbons (Fsp3) is 0.188. The maximum atomic E-state index is 10.9. The maximum absolute atomic E-state index is 10.9. The van der Waals surface area contributed by atoms with Gasteiger partial charge in [-0.3, -0.25) is 0 Å². The summed E-state index contributed by atoms with van der Waals surface area (Å²) in [5, 5.41) is 12.2. The monoisotopic (exact) mass is 271 g/mol. The molecule has 0 aliphatic carbocycles. The topological polar surface area (TPSA) is 58.6 Å². The lowest BCUT2D eigenvalue weighted by atomic mass is 10.1. The Bertz CT molecular complexity index is 596. The number of benzene rings is 2. The molecule has 4 heteroatoms. The summed E-state index contributed by atoms with van der Waals surface area (Å²) in [6, 6.07) is 14.9. The van der Waals surface area contributed by atoms with Crippen LogP contribution in [0, 0.1) is 0 Å². The Balaban J connectivity index is 2.03. The predicted octanol–water partition coefficient (Wildman–Crippen LogP) is 3.14. The number of carbonyl (C=O) groups is 1. The standard InChI is InChI=1S/C16H17NO3/c1-20-11-13-5-3-7-15(9-13)17-10-12-4-2-6-14(8-12)16(18)19/h2-9,17H,10-11H2,1H3,(H,18,19). The number of hydrogen-bond acceptors (Lipinski definition) is 3. The molecule has 2 aromatic carbocycles. The molecule has 0 bridgehead atoms. The fourth-order valence-corrected chi connectivity index (χ4v) is 1.96. The van der Waals surface area contributed by atoms with E-state index in [0.717, 1.165) is 16.8 Å². The van der Waals surface area contributed by atoms with E-state index in [1.807, 2.05) is 30.3 Å². The molecule has 0 spiro atoms. The first-order valence-electron chi connectivity index (χ1n) is 6.33. The minimum atomic E-state index is -0.908. The second-order valence-corrected chi connectivity index (χ2v) is 4.49. The summed E-state index contributed by atoms with van der Waals surface area (Å²) < 4.78 is 5.09. The van der Waals surface area contributed by atoms with Crippen molar-refractivity contribution in [1.29, 1.82) is 0 Å². The molecule has 20 heavy (non-hydrogen) atoms. The van der Waals surface area contributed by atoms with Gasteiger partial charge in [0, 0.05) is 19.3 Å². The summed E-state index contributed by atoms with van der Waals surface area (Å²) >= 11 is 0. The number of carboxylic acids is 1. The SMILES string of the molecule is COCc1cccc(NCc2cccc(C(=O)O)c2)c1. The van der Waals surface area contributed by atoms with Crippen molar-refractivity contribution in [2.24, 2.45) is 0 Å². The van der Waals surface area contributed by atoms with Crippen molar-refractivity contribution in [3.8, 4) is 0 Å². The number of aromatic carboxylic acids is 1. The zero-order valence-electron chi connectivity index (χ0n) is 11.3. The molecule has 0 amide bonds. The lowest BCUT2D eigenvalue weighted by Crippen LogP contribution is -2.02. The van der Waals surface area contributed by atoms with Crippen LogP contribution in [0.5, 0.6) is 0 Å². The Kier molecular flexibility index (Phi) is 4.74. The quantitative estimate of drug-likeness (QED) is 0.847. The highest BCUT2D eigenvalue weighted by atomic mass is 16.5. The van der Waals surface area contributed by atoms with E-state index < -0.39 is 5.97 Å². The summed E-state index contributed by atoms with van der Waals surface area (Å²) in [7, 11) is 1.66. The first-order valence-corrected chi connectivity index (χ1v) is 6.33. The smallest absolute Gasteiger partial charge is 0.335 e. The third-order valence-corrected chi connectivity index (χ3v) is 2.91. The van der Waals surface area contributed by atoms with Gasteiger partial charge in [-0.2, -0.15) is 0 Å². The van der Waals surface area contributed by atoms with E-state index in [4.69, 9.17) is 9.84 Å². The summed E-state index contributed by atoms with van der Waals surface area (Å²) in [5.74, 6) is -0.908. The molecule has 0 unspecified atom stereocenters. The van der Waals surface area contributed by atoms with Crippen LogP contribution in [0.3, 0.4) is 0 Å². The first kappa shape index (κ1) is 14.1. The maximum Gasteiger partial charge on any atom is 0.335 e. The second-order valence-electron chi connectivity index (χ2n) is 4.49. The molecule has 2 aromatic rings. The number of ether oxygens (including phenoxy) is 1. The lowest BCUT2D eigenvalue weighted by Gasteiger charge is -2.09. The van der Waals surface area contributed by atoms with Gasteiger partial charge < -0.3 is 15.2 Å². The fourth-order valence-electron chi connectivity index (χ4n) is 1.96. The van der Waals surface area contributed by atoms with E-state index in [-0.39, 0.29) is 0 Å². The van der Waals surface area contributed by atoms with Crippen molar-refractivity contribution in [1.82, 2.24) is 0 Å². The van der Waals surface area contributed by atoms with E-state index in [1.54, 1.807) is 25.3 Å². The van der Waals surface area contributed by atoms with Gasteiger partial charge in [0.2, 0.25) is 0 Å². The Morgan fingerprint density at radius 3 is 2.65 bits per heavy atom. The average molecular weight is 271 g/mol. The molecule has 0 radical (unpaired) electrons. The van der Waals surface area contributed by atoms with Crippen molar-refractivity contribution in [2.75, 3.05) is 12.4 Å². The Morgan fingerprint density at radius 2 is 1.90 bits per heavy atom. The van der Waals surface area contributed by atoms with Gasteiger partial charge in [0.25, 0.3) is 0 Å². The Hall–Kier alpha value is -2.33. The molecule has 0 aromatic heterocycles. The van der Waals surface area contributed by atoms with Crippen LogP contribution >= 0.6 is 0 Å². The zero-order valence-corrected chi connectivity index (χ0v) is 11.3.